The molecule has 4 nitrogen and oxygen atoms in total. The fourth-order valence-corrected chi connectivity index (χ4v) is 1.65. The van der Waals surface area contributed by atoms with E-state index in [4.69, 9.17) is 22.1 Å². The summed E-state index contributed by atoms with van der Waals surface area (Å²) in [5.41, 5.74) is 6.54. The fourth-order valence-electron chi connectivity index (χ4n) is 1.52. The number of alkyl carbamates (subject to hydrolysis) is 1. The van der Waals surface area contributed by atoms with E-state index in [1.807, 2.05) is 45.0 Å². The molecule has 0 fully saturated rings. The SMILES string of the molecule is CC(C)(C)OC(=O)NC[C@@H](N)Cc1ccc(Cl)cc1. The minimum absolute atomic E-state index is 0.159. The van der Waals surface area contributed by atoms with Gasteiger partial charge in [-0.1, -0.05) is 23.7 Å². The van der Waals surface area contributed by atoms with E-state index in [9.17, 15) is 4.79 Å². The highest BCUT2D eigenvalue weighted by Gasteiger charge is 2.16. The number of hydrogen-bond acceptors (Lipinski definition) is 3. The van der Waals surface area contributed by atoms with Crippen LogP contribution < -0.4 is 11.1 Å². The molecule has 5 heteroatoms. The largest absolute Gasteiger partial charge is 0.444 e. The number of rotatable bonds is 4. The first-order chi connectivity index (χ1) is 8.76. The van der Waals surface area contributed by atoms with Crippen molar-refractivity contribution >= 4 is 17.7 Å². The highest BCUT2D eigenvalue weighted by atomic mass is 35.5. The van der Waals surface area contributed by atoms with Gasteiger partial charge in [0.15, 0.2) is 0 Å². The molecule has 0 unspecified atom stereocenters. The van der Waals surface area contributed by atoms with Crippen LogP contribution in [0.5, 0.6) is 0 Å². The van der Waals surface area contributed by atoms with Gasteiger partial charge in [0.05, 0.1) is 0 Å². The lowest BCUT2D eigenvalue weighted by Crippen LogP contribution is -2.41. The molecule has 0 aliphatic carbocycles. The third-order valence-corrected chi connectivity index (χ3v) is 2.57. The van der Waals surface area contributed by atoms with Gasteiger partial charge in [0, 0.05) is 17.6 Å². The summed E-state index contributed by atoms with van der Waals surface area (Å²) in [5.74, 6) is 0. The summed E-state index contributed by atoms with van der Waals surface area (Å²) in [6, 6.07) is 7.34. The summed E-state index contributed by atoms with van der Waals surface area (Å²) in [7, 11) is 0. The Morgan fingerprint density at radius 3 is 2.47 bits per heavy atom. The maximum atomic E-state index is 11.5. The lowest BCUT2D eigenvalue weighted by Gasteiger charge is -2.20. The van der Waals surface area contributed by atoms with Crippen molar-refractivity contribution in [1.29, 1.82) is 0 Å². The van der Waals surface area contributed by atoms with Gasteiger partial charge in [-0.25, -0.2) is 4.79 Å². The van der Waals surface area contributed by atoms with Crippen LogP contribution in [-0.2, 0) is 11.2 Å². The van der Waals surface area contributed by atoms with Crippen molar-refractivity contribution in [3.63, 3.8) is 0 Å². The third kappa shape index (κ3) is 7.03. The number of ether oxygens (including phenoxy) is 1. The topological polar surface area (TPSA) is 64.3 Å². The molecule has 0 radical (unpaired) electrons. The Balaban J connectivity index is 2.33. The Labute approximate surface area is 119 Å². The van der Waals surface area contributed by atoms with Crippen LogP contribution in [0.1, 0.15) is 26.3 Å². The molecule has 0 aliphatic rings. The van der Waals surface area contributed by atoms with Crippen molar-refractivity contribution in [3.05, 3.63) is 34.9 Å². The van der Waals surface area contributed by atoms with Crippen LogP contribution in [0.2, 0.25) is 5.02 Å². The van der Waals surface area contributed by atoms with Crippen molar-refractivity contribution in [1.82, 2.24) is 5.32 Å². The number of amides is 1. The zero-order valence-electron chi connectivity index (χ0n) is 11.6. The summed E-state index contributed by atoms with van der Waals surface area (Å²) < 4.78 is 5.13. The molecule has 0 heterocycles. The number of nitrogens with two attached hydrogens (primary N) is 1. The first-order valence-electron chi connectivity index (χ1n) is 6.23. The highest BCUT2D eigenvalue weighted by Crippen LogP contribution is 2.10. The molecule has 0 aliphatic heterocycles. The molecule has 0 saturated carbocycles. The van der Waals surface area contributed by atoms with Gasteiger partial charge in [-0.15, -0.1) is 0 Å². The van der Waals surface area contributed by atoms with Gasteiger partial charge < -0.3 is 15.8 Å². The molecule has 1 amide bonds. The fraction of sp³-hybridized carbons (Fsp3) is 0.500. The van der Waals surface area contributed by atoms with Crippen LogP contribution in [0, 0.1) is 0 Å². The Morgan fingerprint density at radius 2 is 1.95 bits per heavy atom. The summed E-state index contributed by atoms with van der Waals surface area (Å²) in [5, 5.41) is 3.36. The van der Waals surface area contributed by atoms with E-state index in [2.05, 4.69) is 5.32 Å². The van der Waals surface area contributed by atoms with Gasteiger partial charge in [0.2, 0.25) is 0 Å². The van der Waals surface area contributed by atoms with Gasteiger partial charge in [0.25, 0.3) is 0 Å². The van der Waals surface area contributed by atoms with Crippen LogP contribution in [-0.4, -0.2) is 24.3 Å². The van der Waals surface area contributed by atoms with E-state index in [0.717, 1.165) is 5.56 Å². The lowest BCUT2D eigenvalue weighted by atomic mass is 10.1. The van der Waals surface area contributed by atoms with Crippen LogP contribution in [0.3, 0.4) is 0 Å². The van der Waals surface area contributed by atoms with E-state index < -0.39 is 11.7 Å². The van der Waals surface area contributed by atoms with Crippen molar-refractivity contribution in [2.45, 2.75) is 38.8 Å². The molecule has 0 saturated heterocycles. The molecule has 0 bridgehead atoms. The maximum absolute atomic E-state index is 11.5. The maximum Gasteiger partial charge on any atom is 0.407 e. The molecule has 19 heavy (non-hydrogen) atoms. The standard InChI is InChI=1S/C14H21ClN2O2/c1-14(2,3)19-13(18)17-9-12(16)8-10-4-6-11(15)7-5-10/h4-7,12H,8-9,16H2,1-3H3,(H,17,18)/t12-/m0/s1. The minimum Gasteiger partial charge on any atom is -0.444 e. The Morgan fingerprint density at radius 1 is 1.37 bits per heavy atom. The Hall–Kier alpha value is -1.26. The van der Waals surface area contributed by atoms with Gasteiger partial charge in [0.1, 0.15) is 5.60 Å². The van der Waals surface area contributed by atoms with Gasteiger partial charge in [-0.2, -0.15) is 0 Å². The van der Waals surface area contributed by atoms with Crippen molar-refractivity contribution in [3.8, 4) is 0 Å². The number of benzene rings is 1. The average Bonchev–Trinajstić information content (AvgIpc) is 2.27. The number of hydrogen-bond donors (Lipinski definition) is 2. The van der Waals surface area contributed by atoms with E-state index in [1.165, 1.54) is 0 Å². The molecular formula is C14H21ClN2O2. The van der Waals surface area contributed by atoms with E-state index in [1.54, 1.807) is 0 Å². The van der Waals surface area contributed by atoms with Crippen LogP contribution in [0.15, 0.2) is 24.3 Å². The highest BCUT2D eigenvalue weighted by molar-refractivity contribution is 6.30. The number of nitrogens with one attached hydrogen (secondary N) is 1. The van der Waals surface area contributed by atoms with Gasteiger partial charge in [-0.05, 0) is 44.9 Å². The quantitative estimate of drug-likeness (QED) is 0.893. The number of carbonyl (C=O) groups excluding carboxylic acids is 1. The molecule has 1 aromatic carbocycles. The van der Waals surface area contributed by atoms with Gasteiger partial charge in [-0.3, -0.25) is 0 Å². The summed E-state index contributed by atoms with van der Waals surface area (Å²) in [6.45, 7) is 5.83. The van der Waals surface area contributed by atoms with Gasteiger partial charge >= 0.3 is 6.09 Å². The summed E-state index contributed by atoms with van der Waals surface area (Å²) in [6.07, 6.45) is 0.228. The second kappa shape index (κ2) is 6.78. The van der Waals surface area contributed by atoms with Crippen LogP contribution >= 0.6 is 11.6 Å². The van der Waals surface area contributed by atoms with E-state index in [-0.39, 0.29) is 6.04 Å². The second-order valence-corrected chi connectivity index (χ2v) is 5.91. The summed E-state index contributed by atoms with van der Waals surface area (Å²) in [4.78, 5) is 11.5. The molecule has 1 atom stereocenters. The van der Waals surface area contributed by atoms with E-state index in [0.29, 0.717) is 18.0 Å². The average molecular weight is 285 g/mol. The third-order valence-electron chi connectivity index (χ3n) is 2.32. The van der Waals surface area contributed by atoms with Crippen molar-refractivity contribution in [2.24, 2.45) is 5.73 Å². The Kier molecular flexibility index (Phi) is 5.63. The molecule has 106 valence electrons. The normalized spacial score (nSPS) is 12.9. The second-order valence-electron chi connectivity index (χ2n) is 5.47. The monoisotopic (exact) mass is 284 g/mol. The van der Waals surface area contributed by atoms with Crippen LogP contribution in [0.4, 0.5) is 4.79 Å². The van der Waals surface area contributed by atoms with Crippen LogP contribution in [0.25, 0.3) is 0 Å². The predicted molar refractivity (Wildman–Crippen MR) is 77.4 cm³/mol. The summed E-state index contributed by atoms with van der Waals surface area (Å²) >= 11 is 5.81. The number of halogens is 1. The molecule has 1 rings (SSSR count). The zero-order chi connectivity index (χ0) is 14.5. The lowest BCUT2D eigenvalue weighted by molar-refractivity contribution is 0.0524. The Bertz CT molecular complexity index is 412. The molecule has 0 spiro atoms. The zero-order valence-corrected chi connectivity index (χ0v) is 12.3. The molecule has 1 aromatic rings. The minimum atomic E-state index is -0.496. The number of carbonyl (C=O) groups is 1. The molecular weight excluding hydrogens is 264 g/mol. The van der Waals surface area contributed by atoms with E-state index >= 15 is 0 Å². The molecule has 3 N–H and O–H groups in total. The van der Waals surface area contributed by atoms with Crippen molar-refractivity contribution < 1.29 is 9.53 Å². The smallest absolute Gasteiger partial charge is 0.407 e. The first-order valence-corrected chi connectivity index (χ1v) is 6.61. The first kappa shape index (κ1) is 15.8. The van der Waals surface area contributed by atoms with Crippen molar-refractivity contribution in [2.75, 3.05) is 6.54 Å². The predicted octanol–water partition coefficient (Wildman–Crippen LogP) is 2.73. The molecule has 0 aromatic heterocycles.